The molecule has 1 heterocycles. The Morgan fingerprint density at radius 3 is 1.92 bits per heavy atom. The summed E-state index contributed by atoms with van der Waals surface area (Å²) in [5.74, 6) is -1.18. The van der Waals surface area contributed by atoms with Crippen LogP contribution in [-0.4, -0.2) is 52.2 Å². The molecule has 0 aromatic heterocycles. The Labute approximate surface area is 148 Å². The van der Waals surface area contributed by atoms with E-state index in [0.29, 0.717) is 6.61 Å². The van der Waals surface area contributed by atoms with Gasteiger partial charge in [0.1, 0.15) is 11.7 Å². The lowest BCUT2D eigenvalue weighted by Crippen LogP contribution is -2.60. The molecule has 0 spiro atoms. The number of hydrogen-bond acceptors (Lipinski definition) is 5. The lowest BCUT2D eigenvalue weighted by molar-refractivity contribution is -0.429. The lowest BCUT2D eigenvalue weighted by atomic mass is 9.87. The van der Waals surface area contributed by atoms with E-state index in [1.807, 2.05) is 0 Å². The molecule has 1 fully saturated rings. The third-order valence-corrected chi connectivity index (χ3v) is 4.90. The molecule has 24 heavy (non-hydrogen) atoms. The van der Waals surface area contributed by atoms with Crippen LogP contribution in [0, 0.1) is 0 Å². The third kappa shape index (κ3) is 5.95. The predicted octanol–water partition coefficient (Wildman–Crippen LogP) is 4.28. The SMILES string of the molecule is CCCCCCCC[C@@](CCC)(OCC1CO1)C(OC)(OC)OC. The van der Waals surface area contributed by atoms with Crippen molar-refractivity contribution >= 4 is 0 Å². The first-order valence-corrected chi connectivity index (χ1v) is 9.54. The Morgan fingerprint density at radius 1 is 0.833 bits per heavy atom. The molecule has 0 radical (unpaired) electrons. The molecule has 5 nitrogen and oxygen atoms in total. The van der Waals surface area contributed by atoms with E-state index in [1.165, 1.54) is 32.1 Å². The second kappa shape index (κ2) is 11.4. The third-order valence-electron chi connectivity index (χ3n) is 4.90. The van der Waals surface area contributed by atoms with Crippen molar-refractivity contribution in [2.24, 2.45) is 0 Å². The van der Waals surface area contributed by atoms with E-state index >= 15 is 0 Å². The van der Waals surface area contributed by atoms with E-state index in [2.05, 4.69) is 13.8 Å². The Hall–Kier alpha value is -0.200. The number of epoxide rings is 1. The van der Waals surface area contributed by atoms with Gasteiger partial charge in [0.25, 0.3) is 0 Å². The summed E-state index contributed by atoms with van der Waals surface area (Å²) in [4.78, 5) is 0. The van der Waals surface area contributed by atoms with E-state index in [1.54, 1.807) is 21.3 Å². The molecule has 2 atom stereocenters. The zero-order valence-corrected chi connectivity index (χ0v) is 16.4. The largest absolute Gasteiger partial charge is 0.371 e. The first-order chi connectivity index (χ1) is 11.6. The van der Waals surface area contributed by atoms with Crippen LogP contribution in [0.1, 0.15) is 71.6 Å². The average Bonchev–Trinajstić information content (AvgIpc) is 3.42. The van der Waals surface area contributed by atoms with Gasteiger partial charge in [0.15, 0.2) is 0 Å². The fourth-order valence-corrected chi connectivity index (χ4v) is 3.48. The molecule has 0 bridgehead atoms. The smallest absolute Gasteiger partial charge is 0.313 e. The van der Waals surface area contributed by atoms with Crippen LogP contribution in [0.4, 0.5) is 0 Å². The second-order valence-corrected chi connectivity index (χ2v) is 6.70. The van der Waals surface area contributed by atoms with Crippen LogP contribution in [-0.2, 0) is 23.7 Å². The highest BCUT2D eigenvalue weighted by Crippen LogP contribution is 2.40. The van der Waals surface area contributed by atoms with E-state index in [-0.39, 0.29) is 6.10 Å². The highest BCUT2D eigenvalue weighted by atomic mass is 16.9. The number of hydrogen-bond donors (Lipinski definition) is 0. The fraction of sp³-hybridized carbons (Fsp3) is 1.00. The van der Waals surface area contributed by atoms with Gasteiger partial charge >= 0.3 is 5.97 Å². The molecule has 0 aromatic rings. The van der Waals surface area contributed by atoms with Gasteiger partial charge in [-0.25, -0.2) is 0 Å². The molecular weight excluding hydrogens is 308 g/mol. The highest BCUT2D eigenvalue weighted by Gasteiger charge is 2.55. The summed E-state index contributed by atoms with van der Waals surface area (Å²) < 4.78 is 28.8. The summed E-state index contributed by atoms with van der Waals surface area (Å²) >= 11 is 0. The van der Waals surface area contributed by atoms with Gasteiger partial charge in [0, 0.05) is 21.3 Å². The van der Waals surface area contributed by atoms with Crippen LogP contribution >= 0.6 is 0 Å². The number of methoxy groups -OCH3 is 3. The van der Waals surface area contributed by atoms with E-state index < -0.39 is 11.6 Å². The second-order valence-electron chi connectivity index (χ2n) is 6.70. The van der Waals surface area contributed by atoms with Crippen molar-refractivity contribution in [3.63, 3.8) is 0 Å². The minimum atomic E-state index is -1.18. The molecule has 144 valence electrons. The van der Waals surface area contributed by atoms with Crippen molar-refractivity contribution in [2.75, 3.05) is 34.5 Å². The van der Waals surface area contributed by atoms with Crippen molar-refractivity contribution < 1.29 is 23.7 Å². The Bertz CT molecular complexity index is 307. The van der Waals surface area contributed by atoms with E-state index in [9.17, 15) is 0 Å². The number of rotatable bonds is 16. The normalized spacial score (nSPS) is 20.1. The molecule has 0 amide bonds. The zero-order chi connectivity index (χ0) is 17.9. The molecule has 1 aliphatic rings. The maximum absolute atomic E-state index is 6.36. The summed E-state index contributed by atoms with van der Waals surface area (Å²) in [6, 6.07) is 0. The van der Waals surface area contributed by atoms with Crippen LogP contribution in [0.3, 0.4) is 0 Å². The Balaban J connectivity index is 2.76. The fourth-order valence-electron chi connectivity index (χ4n) is 3.48. The van der Waals surface area contributed by atoms with Crippen molar-refractivity contribution in [1.82, 2.24) is 0 Å². The summed E-state index contributed by atoms with van der Waals surface area (Å²) in [5, 5.41) is 0. The van der Waals surface area contributed by atoms with Gasteiger partial charge in [-0.05, 0) is 12.8 Å². The molecule has 0 saturated carbocycles. The van der Waals surface area contributed by atoms with Crippen molar-refractivity contribution in [3.05, 3.63) is 0 Å². The molecule has 0 aromatic carbocycles. The van der Waals surface area contributed by atoms with Crippen molar-refractivity contribution in [1.29, 1.82) is 0 Å². The van der Waals surface area contributed by atoms with E-state index in [4.69, 9.17) is 23.7 Å². The zero-order valence-electron chi connectivity index (χ0n) is 16.4. The first-order valence-electron chi connectivity index (χ1n) is 9.54. The summed E-state index contributed by atoms with van der Waals surface area (Å²) in [6.45, 7) is 5.73. The maximum atomic E-state index is 6.36. The molecule has 1 unspecified atom stereocenters. The van der Waals surface area contributed by atoms with Crippen LogP contribution in [0.25, 0.3) is 0 Å². The minimum Gasteiger partial charge on any atom is -0.371 e. The molecular formula is C19H38O5. The molecule has 0 N–H and O–H groups in total. The standard InChI is InChI=1S/C19H38O5/c1-6-8-9-10-11-12-14-18(13-7-2,24-16-17-15-23-17)19(20-3,21-4)22-5/h17H,6-16H2,1-5H3/t17?,18-/m1/s1. The quantitative estimate of drug-likeness (QED) is 0.237. The predicted molar refractivity (Wildman–Crippen MR) is 95.1 cm³/mol. The topological polar surface area (TPSA) is 49.5 Å². The summed E-state index contributed by atoms with van der Waals surface area (Å²) in [5.41, 5.74) is -0.614. The lowest BCUT2D eigenvalue weighted by Gasteiger charge is -2.46. The van der Waals surface area contributed by atoms with Gasteiger partial charge in [0.05, 0.1) is 13.2 Å². The van der Waals surface area contributed by atoms with Gasteiger partial charge in [-0.1, -0.05) is 58.8 Å². The average molecular weight is 347 g/mol. The van der Waals surface area contributed by atoms with Crippen LogP contribution in [0.5, 0.6) is 0 Å². The van der Waals surface area contributed by atoms with Gasteiger partial charge in [0.2, 0.25) is 0 Å². The van der Waals surface area contributed by atoms with Crippen LogP contribution in [0.2, 0.25) is 0 Å². The van der Waals surface area contributed by atoms with Gasteiger partial charge in [-0.3, -0.25) is 0 Å². The first kappa shape index (κ1) is 21.8. The van der Waals surface area contributed by atoms with Gasteiger partial charge in [-0.2, -0.15) is 0 Å². The van der Waals surface area contributed by atoms with E-state index in [0.717, 1.165) is 32.3 Å². The van der Waals surface area contributed by atoms with Crippen molar-refractivity contribution in [3.8, 4) is 0 Å². The number of unbranched alkanes of at least 4 members (excludes halogenated alkanes) is 5. The molecule has 1 saturated heterocycles. The molecule has 1 rings (SSSR count). The Kier molecular flexibility index (Phi) is 10.4. The molecule has 5 heteroatoms. The summed E-state index contributed by atoms with van der Waals surface area (Å²) in [6.07, 6.45) is 10.3. The highest BCUT2D eigenvalue weighted by molar-refractivity contribution is 4.92. The molecule has 0 aliphatic carbocycles. The number of ether oxygens (including phenoxy) is 5. The van der Waals surface area contributed by atoms with Crippen LogP contribution in [0.15, 0.2) is 0 Å². The van der Waals surface area contributed by atoms with Crippen LogP contribution < -0.4 is 0 Å². The van der Waals surface area contributed by atoms with Gasteiger partial charge in [-0.15, -0.1) is 0 Å². The molecule has 1 aliphatic heterocycles. The maximum Gasteiger partial charge on any atom is 0.313 e. The van der Waals surface area contributed by atoms with Gasteiger partial charge < -0.3 is 23.7 Å². The monoisotopic (exact) mass is 346 g/mol. The van der Waals surface area contributed by atoms with Crippen molar-refractivity contribution in [2.45, 2.75) is 89.3 Å². The summed E-state index contributed by atoms with van der Waals surface area (Å²) in [7, 11) is 4.86. The minimum absolute atomic E-state index is 0.203. The Morgan fingerprint density at radius 2 is 1.42 bits per heavy atom.